The molecule has 136 valence electrons. The number of nitrogens with zero attached hydrogens (tertiary/aromatic N) is 2. The van der Waals surface area contributed by atoms with E-state index in [1.807, 2.05) is 52.0 Å². The predicted octanol–water partition coefficient (Wildman–Crippen LogP) is 3.92. The van der Waals surface area contributed by atoms with Gasteiger partial charge < -0.3 is 9.31 Å². The zero-order valence-electron chi connectivity index (χ0n) is 15.8. The molecule has 0 spiro atoms. The van der Waals surface area contributed by atoms with Crippen molar-refractivity contribution in [3.8, 4) is 0 Å². The van der Waals surface area contributed by atoms with Crippen LogP contribution in [0.1, 0.15) is 40.2 Å². The van der Waals surface area contributed by atoms with Crippen molar-refractivity contribution in [3.05, 3.63) is 41.6 Å². The first-order valence-corrected chi connectivity index (χ1v) is 9.57. The zero-order valence-corrected chi connectivity index (χ0v) is 16.6. The molecular weight excluding hydrogens is 347 g/mol. The third kappa shape index (κ3) is 4.00. The van der Waals surface area contributed by atoms with Crippen molar-refractivity contribution in [1.29, 1.82) is 0 Å². The first-order chi connectivity index (χ1) is 12.2. The van der Waals surface area contributed by atoms with Crippen molar-refractivity contribution < 1.29 is 14.1 Å². The molecule has 26 heavy (non-hydrogen) atoms. The van der Waals surface area contributed by atoms with Crippen LogP contribution in [-0.2, 0) is 14.1 Å². The average Bonchev–Trinajstić information content (AvgIpc) is 2.79. The highest BCUT2D eigenvalue weighted by Crippen LogP contribution is 2.39. The number of aromatic nitrogens is 2. The number of fused-ring (bicyclic) bond motifs is 1. The van der Waals surface area contributed by atoms with E-state index >= 15 is 0 Å². The van der Waals surface area contributed by atoms with Crippen LogP contribution >= 0.6 is 11.8 Å². The Bertz CT molecular complexity index is 851. The summed E-state index contributed by atoms with van der Waals surface area (Å²) in [7, 11) is -0.482. The van der Waals surface area contributed by atoms with Gasteiger partial charge >= 0.3 is 7.12 Å². The van der Waals surface area contributed by atoms with Crippen molar-refractivity contribution in [2.45, 2.75) is 45.8 Å². The minimum absolute atomic E-state index is 0.0665. The van der Waals surface area contributed by atoms with Crippen molar-refractivity contribution in [3.63, 3.8) is 0 Å². The van der Waals surface area contributed by atoms with Crippen LogP contribution in [0.25, 0.3) is 17.1 Å². The summed E-state index contributed by atoms with van der Waals surface area (Å²) < 4.78 is 12.4. The highest BCUT2D eigenvalue weighted by Gasteiger charge is 2.52. The van der Waals surface area contributed by atoms with E-state index in [1.54, 1.807) is 19.3 Å². The number of hydrogen-bond donors (Lipinski definition) is 0. The Hall–Kier alpha value is -1.70. The molecule has 7 heteroatoms. The van der Waals surface area contributed by atoms with E-state index in [4.69, 9.17) is 9.31 Å². The summed E-state index contributed by atoms with van der Waals surface area (Å²) in [4.78, 5) is 20.1. The molecule has 0 bridgehead atoms. The Morgan fingerprint density at radius 2 is 1.73 bits per heavy atom. The Kier molecular flexibility index (Phi) is 5.24. The van der Waals surface area contributed by atoms with Gasteiger partial charge in [0, 0.05) is 25.1 Å². The van der Waals surface area contributed by atoms with Crippen LogP contribution in [0.5, 0.6) is 0 Å². The van der Waals surface area contributed by atoms with Crippen molar-refractivity contribution in [1.82, 2.24) is 9.97 Å². The molecule has 1 aromatic carbocycles. The van der Waals surface area contributed by atoms with E-state index in [-0.39, 0.29) is 5.12 Å². The van der Waals surface area contributed by atoms with Gasteiger partial charge in [-0.15, -0.1) is 0 Å². The van der Waals surface area contributed by atoms with Crippen LogP contribution in [-0.4, -0.2) is 39.2 Å². The van der Waals surface area contributed by atoms with Gasteiger partial charge in [-0.1, -0.05) is 23.9 Å². The Balaban J connectivity index is 1.94. The van der Waals surface area contributed by atoms with Crippen LogP contribution in [0.2, 0.25) is 0 Å². The van der Waals surface area contributed by atoms with Crippen LogP contribution in [0.3, 0.4) is 0 Å². The maximum atomic E-state index is 11.5. The zero-order chi connectivity index (χ0) is 18.9. The fourth-order valence-electron chi connectivity index (χ4n) is 2.64. The molecule has 0 amide bonds. The summed E-state index contributed by atoms with van der Waals surface area (Å²) in [6, 6.07) is 5.90. The molecule has 5 nitrogen and oxygen atoms in total. The van der Waals surface area contributed by atoms with Crippen molar-refractivity contribution in [2.24, 2.45) is 0 Å². The summed E-state index contributed by atoms with van der Waals surface area (Å²) in [5.74, 6) is 0.519. The number of benzene rings is 1. The van der Waals surface area contributed by atoms with Gasteiger partial charge in [0.05, 0.1) is 22.2 Å². The molecule has 0 N–H and O–H groups in total. The highest BCUT2D eigenvalue weighted by atomic mass is 32.2. The van der Waals surface area contributed by atoms with Crippen LogP contribution < -0.4 is 0 Å². The summed E-state index contributed by atoms with van der Waals surface area (Å²) in [6.07, 6.45) is 5.37. The molecule has 1 saturated heterocycles. The Morgan fingerprint density at radius 3 is 2.35 bits per heavy atom. The monoisotopic (exact) mass is 370 g/mol. The minimum Gasteiger partial charge on any atom is -0.400 e. The lowest BCUT2D eigenvalue weighted by Crippen LogP contribution is -2.41. The van der Waals surface area contributed by atoms with Gasteiger partial charge in [-0.05, 0) is 50.9 Å². The molecule has 0 atom stereocenters. The molecule has 0 saturated carbocycles. The van der Waals surface area contributed by atoms with E-state index in [2.05, 4.69) is 9.97 Å². The molecule has 0 aliphatic carbocycles. The summed E-state index contributed by atoms with van der Waals surface area (Å²) in [6.45, 7) is 9.66. The summed E-state index contributed by atoms with van der Waals surface area (Å²) >= 11 is 1.25. The third-order valence-corrected chi connectivity index (χ3v) is 5.73. The minimum atomic E-state index is -0.482. The smallest absolute Gasteiger partial charge is 0.400 e. The standard InChI is InChI=1S/C19H23BN2O3S/c1-13(23)26-12-15(20-24-18(2,3)19(4,5)25-20)10-14-6-7-16-17(11-14)22-9-8-21-16/h6-11H,12H2,1-5H3. The largest absolute Gasteiger partial charge is 0.491 e. The van der Waals surface area contributed by atoms with Crippen molar-refractivity contribution in [2.75, 3.05) is 5.75 Å². The second-order valence-electron chi connectivity index (χ2n) is 7.39. The molecule has 0 radical (unpaired) electrons. The molecule has 3 rings (SSSR count). The first-order valence-electron chi connectivity index (χ1n) is 8.58. The lowest BCUT2D eigenvalue weighted by molar-refractivity contribution is -0.109. The summed E-state index contributed by atoms with van der Waals surface area (Å²) in [5.41, 5.74) is 2.73. The number of hydrogen-bond acceptors (Lipinski definition) is 6. The van der Waals surface area contributed by atoms with Crippen LogP contribution in [0.15, 0.2) is 36.1 Å². The first kappa shape index (κ1) is 19.1. The highest BCUT2D eigenvalue weighted by molar-refractivity contribution is 8.13. The Morgan fingerprint density at radius 1 is 1.12 bits per heavy atom. The molecule has 0 unspecified atom stereocenters. The van der Waals surface area contributed by atoms with Gasteiger partial charge in [0.2, 0.25) is 0 Å². The second kappa shape index (κ2) is 7.14. The second-order valence-corrected chi connectivity index (χ2v) is 8.54. The normalized spacial score (nSPS) is 19.1. The topological polar surface area (TPSA) is 61.3 Å². The summed E-state index contributed by atoms with van der Waals surface area (Å²) in [5, 5.41) is 0.0665. The Labute approximate surface area is 158 Å². The van der Waals surface area contributed by atoms with Gasteiger partial charge in [0.1, 0.15) is 0 Å². The van der Waals surface area contributed by atoms with Gasteiger partial charge in [-0.25, -0.2) is 0 Å². The maximum Gasteiger partial charge on any atom is 0.491 e. The molecule has 1 aliphatic rings. The molecule has 2 heterocycles. The van der Waals surface area contributed by atoms with E-state index in [0.717, 1.165) is 22.1 Å². The average molecular weight is 370 g/mol. The van der Waals surface area contributed by atoms with Crippen molar-refractivity contribution >= 4 is 41.1 Å². The quantitative estimate of drug-likeness (QED) is 0.760. The van der Waals surface area contributed by atoms with Gasteiger partial charge in [-0.3, -0.25) is 14.8 Å². The maximum absolute atomic E-state index is 11.5. The number of thioether (sulfide) groups is 1. The lowest BCUT2D eigenvalue weighted by atomic mass is 9.78. The molecule has 1 fully saturated rings. The predicted molar refractivity (Wildman–Crippen MR) is 107 cm³/mol. The van der Waals surface area contributed by atoms with Gasteiger partial charge in [0.25, 0.3) is 0 Å². The van der Waals surface area contributed by atoms with E-state index in [1.165, 1.54) is 11.8 Å². The third-order valence-electron chi connectivity index (χ3n) is 4.84. The molecule has 1 aliphatic heterocycles. The molecule has 2 aromatic rings. The van der Waals surface area contributed by atoms with E-state index in [0.29, 0.717) is 5.75 Å². The fraction of sp³-hybridized carbons (Fsp3) is 0.421. The fourth-order valence-corrected chi connectivity index (χ4v) is 3.23. The molecule has 1 aromatic heterocycles. The lowest BCUT2D eigenvalue weighted by Gasteiger charge is -2.32. The molecular formula is C19H23BN2O3S. The van der Waals surface area contributed by atoms with E-state index < -0.39 is 18.3 Å². The number of carbonyl (C=O) groups is 1. The van der Waals surface area contributed by atoms with E-state index in [9.17, 15) is 4.79 Å². The van der Waals surface area contributed by atoms with Gasteiger partial charge in [0.15, 0.2) is 5.12 Å². The van der Waals surface area contributed by atoms with Gasteiger partial charge in [-0.2, -0.15) is 0 Å². The van der Waals surface area contributed by atoms with Crippen LogP contribution in [0, 0.1) is 0 Å². The number of rotatable bonds is 4. The number of carbonyl (C=O) groups excluding carboxylic acids is 1. The SMILES string of the molecule is CC(=O)SCC(=Cc1ccc2nccnc2c1)B1OC(C)(C)C(C)(C)O1. The van der Waals surface area contributed by atoms with Crippen LogP contribution in [0.4, 0.5) is 0 Å².